The zero-order valence-corrected chi connectivity index (χ0v) is 21.0. The number of nitrogens with zero attached hydrogens (tertiary/aromatic N) is 3. The number of hydrogen-bond donors (Lipinski definition) is 0. The molecule has 0 atom stereocenters. The Labute approximate surface area is 224 Å². The third-order valence-electron chi connectivity index (χ3n) is 8.12. The van der Waals surface area contributed by atoms with Crippen molar-refractivity contribution in [2.24, 2.45) is 0 Å². The molecule has 1 aliphatic carbocycles. The Hall–Kier alpha value is -5.28. The van der Waals surface area contributed by atoms with Crippen molar-refractivity contribution in [3.8, 4) is 39.5 Å². The molecule has 0 saturated heterocycles. The van der Waals surface area contributed by atoms with E-state index in [9.17, 15) is 0 Å². The highest BCUT2D eigenvalue weighted by atomic mass is 15.0. The maximum atomic E-state index is 5.06. The maximum Gasteiger partial charge on any atom is 0.160 e. The molecular formula is C36H21N3. The molecule has 2 heterocycles. The van der Waals surface area contributed by atoms with Gasteiger partial charge in [0, 0.05) is 33.0 Å². The molecule has 0 amide bonds. The van der Waals surface area contributed by atoms with Gasteiger partial charge in [0.15, 0.2) is 5.82 Å². The molecule has 3 heteroatoms. The van der Waals surface area contributed by atoms with Gasteiger partial charge in [-0.15, -0.1) is 0 Å². The lowest BCUT2D eigenvalue weighted by molar-refractivity contribution is 1.17. The molecule has 1 aliphatic rings. The van der Waals surface area contributed by atoms with Gasteiger partial charge < -0.3 is 4.57 Å². The summed E-state index contributed by atoms with van der Waals surface area (Å²) in [6.45, 7) is 0. The van der Waals surface area contributed by atoms with Crippen LogP contribution in [0.5, 0.6) is 0 Å². The molecule has 0 radical (unpaired) electrons. The van der Waals surface area contributed by atoms with E-state index in [1.54, 1.807) is 0 Å². The second-order valence-electron chi connectivity index (χ2n) is 10.2. The Kier molecular flexibility index (Phi) is 4.05. The minimum absolute atomic E-state index is 0.736. The van der Waals surface area contributed by atoms with Gasteiger partial charge in [0.2, 0.25) is 0 Å². The van der Waals surface area contributed by atoms with Crippen LogP contribution in [0.15, 0.2) is 127 Å². The molecule has 180 valence electrons. The Balaban J connectivity index is 1.23. The van der Waals surface area contributed by atoms with Gasteiger partial charge in [-0.25, -0.2) is 9.97 Å². The van der Waals surface area contributed by atoms with Crippen molar-refractivity contribution in [2.45, 2.75) is 0 Å². The normalized spacial score (nSPS) is 12.1. The standard InChI is InChI=1S/C36H21N3/c1-2-8-23(9-3-1)35-28-11-4-5-14-29(28)37-36(38-35)24-16-19-25(20-17-24)39-30-15-7-13-27-26-12-6-10-22-18-21-31(39)34(32(22)26)33(27)30/h1-21H. The zero-order valence-electron chi connectivity index (χ0n) is 21.0. The van der Waals surface area contributed by atoms with E-state index in [2.05, 4.69) is 114 Å². The summed E-state index contributed by atoms with van der Waals surface area (Å²) >= 11 is 0. The lowest BCUT2D eigenvalue weighted by Gasteiger charge is -2.12. The van der Waals surface area contributed by atoms with Gasteiger partial charge in [0.05, 0.1) is 22.2 Å². The largest absolute Gasteiger partial charge is 0.309 e. The van der Waals surface area contributed by atoms with Crippen molar-refractivity contribution in [2.75, 3.05) is 0 Å². The fourth-order valence-electron chi connectivity index (χ4n) is 6.43. The van der Waals surface area contributed by atoms with Gasteiger partial charge in [0.25, 0.3) is 0 Å². The van der Waals surface area contributed by atoms with E-state index in [0.717, 1.165) is 39.2 Å². The number of benzene rings is 6. The third-order valence-corrected chi connectivity index (χ3v) is 8.12. The van der Waals surface area contributed by atoms with E-state index in [4.69, 9.17) is 9.97 Å². The van der Waals surface area contributed by atoms with Gasteiger partial charge in [-0.2, -0.15) is 0 Å². The highest BCUT2D eigenvalue weighted by Gasteiger charge is 2.24. The Morgan fingerprint density at radius 3 is 2.08 bits per heavy atom. The van der Waals surface area contributed by atoms with Crippen LogP contribution in [0.25, 0.3) is 82.9 Å². The van der Waals surface area contributed by atoms with Crippen molar-refractivity contribution in [1.29, 1.82) is 0 Å². The summed E-state index contributed by atoms with van der Waals surface area (Å²) in [7, 11) is 0. The summed E-state index contributed by atoms with van der Waals surface area (Å²) in [6, 6.07) is 45.1. The molecule has 3 nitrogen and oxygen atoms in total. The van der Waals surface area contributed by atoms with E-state index < -0.39 is 0 Å². The minimum Gasteiger partial charge on any atom is -0.309 e. The Bertz CT molecular complexity index is 2260. The van der Waals surface area contributed by atoms with Crippen LogP contribution in [0.1, 0.15) is 0 Å². The molecular weight excluding hydrogens is 474 g/mol. The topological polar surface area (TPSA) is 30.7 Å². The highest BCUT2D eigenvalue weighted by Crippen LogP contribution is 2.49. The molecule has 0 bridgehead atoms. The van der Waals surface area contributed by atoms with Crippen LogP contribution in [-0.4, -0.2) is 14.5 Å². The van der Waals surface area contributed by atoms with Crippen molar-refractivity contribution in [3.05, 3.63) is 127 Å². The predicted molar refractivity (Wildman–Crippen MR) is 161 cm³/mol. The number of fused-ring (bicyclic) bond motifs is 2. The summed E-state index contributed by atoms with van der Waals surface area (Å²) in [5, 5.41) is 6.45. The average molecular weight is 496 g/mol. The molecule has 0 aliphatic heterocycles. The monoisotopic (exact) mass is 495 g/mol. The molecule has 8 aromatic rings. The van der Waals surface area contributed by atoms with Gasteiger partial charge in [0.1, 0.15) is 0 Å². The van der Waals surface area contributed by atoms with E-state index in [1.807, 2.05) is 18.2 Å². The minimum atomic E-state index is 0.736. The van der Waals surface area contributed by atoms with Crippen LogP contribution in [0.3, 0.4) is 0 Å². The van der Waals surface area contributed by atoms with Crippen molar-refractivity contribution in [3.63, 3.8) is 0 Å². The number of aromatic nitrogens is 3. The van der Waals surface area contributed by atoms with Crippen LogP contribution >= 0.6 is 0 Å². The Morgan fingerprint density at radius 1 is 0.462 bits per heavy atom. The van der Waals surface area contributed by atoms with E-state index in [-0.39, 0.29) is 0 Å². The second-order valence-corrected chi connectivity index (χ2v) is 10.2. The predicted octanol–water partition coefficient (Wildman–Crippen LogP) is 9.19. The average Bonchev–Trinajstić information content (AvgIpc) is 3.53. The van der Waals surface area contributed by atoms with Crippen LogP contribution in [0.2, 0.25) is 0 Å². The van der Waals surface area contributed by atoms with E-state index in [0.29, 0.717) is 0 Å². The van der Waals surface area contributed by atoms with Gasteiger partial charge in [-0.3, -0.25) is 0 Å². The van der Waals surface area contributed by atoms with Gasteiger partial charge in [-0.05, 0) is 64.4 Å². The molecule has 6 aromatic carbocycles. The molecule has 0 unspecified atom stereocenters. The first-order valence-electron chi connectivity index (χ1n) is 13.3. The summed E-state index contributed by atoms with van der Waals surface area (Å²) in [5.41, 5.74) is 10.3. The Morgan fingerprint density at radius 2 is 1.21 bits per heavy atom. The first-order valence-corrected chi connectivity index (χ1v) is 13.3. The summed E-state index contributed by atoms with van der Waals surface area (Å²) in [5.74, 6) is 0.736. The number of para-hydroxylation sites is 1. The summed E-state index contributed by atoms with van der Waals surface area (Å²) < 4.78 is 2.39. The van der Waals surface area contributed by atoms with Crippen molar-refractivity contribution >= 4 is 43.5 Å². The van der Waals surface area contributed by atoms with Crippen molar-refractivity contribution < 1.29 is 0 Å². The fraction of sp³-hybridized carbons (Fsp3) is 0. The lowest BCUT2D eigenvalue weighted by Crippen LogP contribution is -1.97. The molecule has 39 heavy (non-hydrogen) atoms. The lowest BCUT2D eigenvalue weighted by atomic mass is 10.0. The highest BCUT2D eigenvalue weighted by molar-refractivity contribution is 6.33. The molecule has 0 saturated carbocycles. The SMILES string of the molecule is c1ccc(-c2nc(-c3ccc(-n4c5cccc6c5c5c7c-6cccc7ccc54)cc3)nc3ccccc23)cc1. The van der Waals surface area contributed by atoms with Crippen molar-refractivity contribution in [1.82, 2.24) is 14.5 Å². The van der Waals surface area contributed by atoms with Gasteiger partial charge in [-0.1, -0.05) is 84.9 Å². The zero-order chi connectivity index (χ0) is 25.5. The van der Waals surface area contributed by atoms with Crippen LogP contribution < -0.4 is 0 Å². The molecule has 0 fully saturated rings. The van der Waals surface area contributed by atoms with E-state index in [1.165, 1.54) is 43.7 Å². The molecule has 9 rings (SSSR count). The number of rotatable bonds is 3. The summed E-state index contributed by atoms with van der Waals surface area (Å²) in [4.78, 5) is 10.0. The van der Waals surface area contributed by atoms with Crippen LogP contribution in [-0.2, 0) is 0 Å². The first kappa shape index (κ1) is 20.7. The summed E-state index contributed by atoms with van der Waals surface area (Å²) in [6.07, 6.45) is 0. The first-order chi connectivity index (χ1) is 19.3. The van der Waals surface area contributed by atoms with Crippen LogP contribution in [0, 0.1) is 0 Å². The third kappa shape index (κ3) is 2.82. The quantitative estimate of drug-likeness (QED) is 0.245. The molecule has 0 spiro atoms. The fourth-order valence-corrected chi connectivity index (χ4v) is 6.43. The molecule has 2 aromatic heterocycles. The van der Waals surface area contributed by atoms with E-state index >= 15 is 0 Å². The van der Waals surface area contributed by atoms with Crippen LogP contribution in [0.4, 0.5) is 0 Å². The maximum absolute atomic E-state index is 5.06. The number of hydrogen-bond acceptors (Lipinski definition) is 2. The van der Waals surface area contributed by atoms with Gasteiger partial charge >= 0.3 is 0 Å². The molecule has 0 N–H and O–H groups in total. The smallest absolute Gasteiger partial charge is 0.160 e. The second kappa shape index (κ2) is 7.62.